The second-order valence-corrected chi connectivity index (χ2v) is 2.91. The van der Waals surface area contributed by atoms with Gasteiger partial charge in [-0.15, -0.1) is 0 Å². The van der Waals surface area contributed by atoms with E-state index in [1.165, 1.54) is 0 Å². The molecule has 0 amide bonds. The summed E-state index contributed by atoms with van der Waals surface area (Å²) in [5.74, 6) is -1.05. The maximum atomic E-state index is 12.8. The van der Waals surface area contributed by atoms with E-state index in [4.69, 9.17) is 5.73 Å². The molecule has 0 saturated heterocycles. The van der Waals surface area contributed by atoms with Gasteiger partial charge in [0.2, 0.25) is 5.95 Å². The number of anilines is 1. The summed E-state index contributed by atoms with van der Waals surface area (Å²) in [4.78, 5) is 3.02. The average molecular weight is 255 g/mol. The van der Waals surface area contributed by atoms with E-state index in [1.54, 1.807) is 0 Å². The Balaban J connectivity index is 3.22. The fraction of sp³-hybridized carbons (Fsp3) is 0.286. The second kappa shape index (κ2) is 3.95. The van der Waals surface area contributed by atoms with Crippen molar-refractivity contribution in [3.63, 3.8) is 0 Å². The molecule has 1 heterocycles. The van der Waals surface area contributed by atoms with Crippen molar-refractivity contribution < 1.29 is 13.2 Å². The lowest BCUT2D eigenvalue weighted by atomic mass is 10.2. The highest BCUT2D eigenvalue weighted by atomic mass is 79.9. The largest absolute Gasteiger partial charge is 0.395 e. The first-order valence-corrected chi connectivity index (χ1v) is 4.47. The van der Waals surface area contributed by atoms with Crippen LogP contribution in [0.3, 0.4) is 0 Å². The molecule has 0 atom stereocenters. The zero-order valence-corrected chi connectivity index (χ0v) is 7.98. The summed E-state index contributed by atoms with van der Waals surface area (Å²) >= 11 is 3.01. The van der Waals surface area contributed by atoms with Crippen LogP contribution in [0.2, 0.25) is 0 Å². The van der Waals surface area contributed by atoms with Crippen LogP contribution in [-0.2, 0) is 5.33 Å². The lowest BCUT2D eigenvalue weighted by Crippen LogP contribution is -2.03. The first kappa shape index (κ1) is 10.3. The number of alkyl halides is 3. The number of pyridine rings is 1. The van der Waals surface area contributed by atoms with Crippen LogP contribution in [-0.4, -0.2) is 4.98 Å². The monoisotopic (exact) mass is 254 g/mol. The van der Waals surface area contributed by atoms with Crippen molar-refractivity contribution in [3.05, 3.63) is 23.3 Å². The van der Waals surface area contributed by atoms with E-state index in [0.717, 1.165) is 6.07 Å². The molecule has 13 heavy (non-hydrogen) atoms. The van der Waals surface area contributed by atoms with Crippen molar-refractivity contribution in [2.24, 2.45) is 0 Å². The Morgan fingerprint density at radius 2 is 2.15 bits per heavy atom. The van der Waals surface area contributed by atoms with Gasteiger partial charge in [-0.1, -0.05) is 15.9 Å². The van der Waals surface area contributed by atoms with Gasteiger partial charge in [0.25, 0.3) is 6.43 Å². The van der Waals surface area contributed by atoms with Gasteiger partial charge in [0.15, 0.2) is 0 Å². The van der Waals surface area contributed by atoms with Crippen molar-refractivity contribution >= 4 is 21.6 Å². The Hall–Kier alpha value is -0.780. The lowest BCUT2D eigenvalue weighted by Gasteiger charge is -2.05. The van der Waals surface area contributed by atoms with Gasteiger partial charge in [-0.2, -0.15) is 4.39 Å². The molecule has 0 saturated carbocycles. The van der Waals surface area contributed by atoms with Crippen LogP contribution in [0.25, 0.3) is 0 Å². The molecule has 2 nitrogen and oxygen atoms in total. The van der Waals surface area contributed by atoms with E-state index >= 15 is 0 Å². The number of hydrogen-bond donors (Lipinski definition) is 1. The third kappa shape index (κ3) is 2.12. The van der Waals surface area contributed by atoms with Crippen LogP contribution >= 0.6 is 15.9 Å². The Bertz CT molecular complexity index is 317. The summed E-state index contributed by atoms with van der Waals surface area (Å²) in [6.45, 7) is 0. The Labute approximate surface area is 81.1 Å². The maximum absolute atomic E-state index is 12.8. The third-order valence-electron chi connectivity index (χ3n) is 1.49. The first-order valence-electron chi connectivity index (χ1n) is 3.35. The maximum Gasteiger partial charge on any atom is 0.280 e. The number of aromatic nitrogens is 1. The lowest BCUT2D eigenvalue weighted by molar-refractivity contribution is 0.145. The minimum atomic E-state index is -2.78. The highest BCUT2D eigenvalue weighted by Gasteiger charge is 2.14. The van der Waals surface area contributed by atoms with E-state index < -0.39 is 18.1 Å². The molecule has 1 rings (SSSR count). The van der Waals surface area contributed by atoms with Gasteiger partial charge in [0.05, 0.1) is 5.69 Å². The summed E-state index contributed by atoms with van der Waals surface area (Å²) in [6.07, 6.45) is -2.78. The first-order chi connectivity index (χ1) is 6.06. The Morgan fingerprint density at radius 1 is 1.54 bits per heavy atom. The summed E-state index contributed by atoms with van der Waals surface area (Å²) < 4.78 is 37.0. The number of nitrogens with zero attached hydrogens (tertiary/aromatic N) is 1. The van der Waals surface area contributed by atoms with Crippen molar-refractivity contribution in [1.82, 2.24) is 4.98 Å². The summed E-state index contributed by atoms with van der Waals surface area (Å²) in [5.41, 5.74) is 4.74. The predicted octanol–water partition coefficient (Wildman–Crippen LogP) is 2.64. The zero-order chi connectivity index (χ0) is 10.0. The summed E-state index contributed by atoms with van der Waals surface area (Å²) in [5, 5.41) is 0.220. The van der Waals surface area contributed by atoms with Crippen LogP contribution in [0.15, 0.2) is 6.07 Å². The van der Waals surface area contributed by atoms with Crippen molar-refractivity contribution in [3.8, 4) is 0 Å². The van der Waals surface area contributed by atoms with Crippen LogP contribution in [0.5, 0.6) is 0 Å². The Kier molecular flexibility index (Phi) is 3.13. The molecule has 0 aliphatic rings. The number of hydrogen-bond acceptors (Lipinski definition) is 2. The molecule has 0 unspecified atom stereocenters. The Morgan fingerprint density at radius 3 is 2.62 bits per heavy atom. The van der Waals surface area contributed by atoms with Crippen molar-refractivity contribution in [2.45, 2.75) is 11.8 Å². The fourth-order valence-corrected chi connectivity index (χ4v) is 1.28. The smallest absolute Gasteiger partial charge is 0.280 e. The molecule has 6 heteroatoms. The van der Waals surface area contributed by atoms with Gasteiger partial charge in [0, 0.05) is 5.33 Å². The van der Waals surface area contributed by atoms with Gasteiger partial charge >= 0.3 is 0 Å². The van der Waals surface area contributed by atoms with E-state index in [1.807, 2.05) is 0 Å². The zero-order valence-electron chi connectivity index (χ0n) is 6.40. The molecule has 2 N–H and O–H groups in total. The summed E-state index contributed by atoms with van der Waals surface area (Å²) in [6, 6.07) is 1.08. The van der Waals surface area contributed by atoms with Gasteiger partial charge in [-0.25, -0.2) is 13.8 Å². The van der Waals surface area contributed by atoms with Crippen LogP contribution in [0.1, 0.15) is 17.7 Å². The topological polar surface area (TPSA) is 38.9 Å². The molecule has 1 aromatic rings. The molecule has 0 spiro atoms. The third-order valence-corrected chi connectivity index (χ3v) is 2.09. The van der Waals surface area contributed by atoms with E-state index in [2.05, 4.69) is 20.9 Å². The van der Waals surface area contributed by atoms with Crippen LogP contribution in [0, 0.1) is 5.95 Å². The fourth-order valence-electron chi connectivity index (χ4n) is 0.817. The van der Waals surface area contributed by atoms with Crippen LogP contribution < -0.4 is 5.73 Å². The van der Waals surface area contributed by atoms with Gasteiger partial charge in [-0.3, -0.25) is 0 Å². The van der Waals surface area contributed by atoms with Crippen LogP contribution in [0.4, 0.5) is 18.9 Å². The molecular weight excluding hydrogens is 249 g/mol. The molecule has 0 bridgehead atoms. The van der Waals surface area contributed by atoms with E-state index in [0.29, 0.717) is 0 Å². The highest BCUT2D eigenvalue weighted by molar-refractivity contribution is 9.08. The molecule has 0 aliphatic heterocycles. The number of halogens is 4. The second-order valence-electron chi connectivity index (χ2n) is 2.35. The van der Waals surface area contributed by atoms with Gasteiger partial charge in [-0.05, 0) is 11.6 Å². The predicted molar refractivity (Wildman–Crippen MR) is 46.2 cm³/mol. The van der Waals surface area contributed by atoms with Crippen molar-refractivity contribution in [1.29, 1.82) is 0 Å². The molecule has 0 radical (unpaired) electrons. The van der Waals surface area contributed by atoms with E-state index in [-0.39, 0.29) is 16.6 Å². The standard InChI is InChI=1S/C7H6BrF3N2/c8-2-3-1-4(6(9)10)13-7(11)5(3)12/h1,6H,2,12H2. The van der Waals surface area contributed by atoms with Crippen molar-refractivity contribution in [2.75, 3.05) is 5.73 Å². The number of rotatable bonds is 2. The molecule has 0 fully saturated rings. The molecule has 72 valence electrons. The number of nitrogen functional groups attached to an aromatic ring is 1. The average Bonchev–Trinajstić information content (AvgIpc) is 2.09. The molecule has 1 aromatic heterocycles. The minimum Gasteiger partial charge on any atom is -0.395 e. The highest BCUT2D eigenvalue weighted by Crippen LogP contribution is 2.24. The minimum absolute atomic E-state index is 0.193. The van der Waals surface area contributed by atoms with Gasteiger partial charge in [0.1, 0.15) is 5.69 Å². The quantitative estimate of drug-likeness (QED) is 0.651. The molecule has 0 aliphatic carbocycles. The summed E-state index contributed by atoms with van der Waals surface area (Å²) in [7, 11) is 0. The molecular formula is C7H6BrF3N2. The SMILES string of the molecule is Nc1c(CBr)cc(C(F)F)nc1F. The molecule has 0 aromatic carbocycles. The normalized spacial score (nSPS) is 10.8. The van der Waals surface area contributed by atoms with Gasteiger partial charge < -0.3 is 5.73 Å². The number of nitrogens with two attached hydrogens (primary N) is 1. The van der Waals surface area contributed by atoms with E-state index in [9.17, 15) is 13.2 Å².